The smallest absolute Gasteiger partial charge is 0.216 e. The fraction of sp³-hybridized carbons (Fsp3) is 0.364. The predicted octanol–water partition coefficient (Wildman–Crippen LogP) is 3.09. The van der Waals surface area contributed by atoms with Gasteiger partial charge in [0.25, 0.3) is 0 Å². The van der Waals surface area contributed by atoms with Gasteiger partial charge in [-0.3, -0.25) is 4.79 Å². The molecule has 0 spiro atoms. The van der Waals surface area contributed by atoms with Gasteiger partial charge < -0.3 is 0 Å². The number of carbonyl (C=O) groups excluding carboxylic acids is 1. The van der Waals surface area contributed by atoms with Gasteiger partial charge in [-0.2, -0.15) is 0 Å². The van der Waals surface area contributed by atoms with Gasteiger partial charge >= 0.3 is 0 Å². The molecular weight excluding hydrogens is 240 g/mol. The van der Waals surface area contributed by atoms with E-state index < -0.39 is 0 Å². The van der Waals surface area contributed by atoms with E-state index in [4.69, 9.17) is 0 Å². The summed E-state index contributed by atoms with van der Waals surface area (Å²) in [6.07, 6.45) is 1.80. The highest BCUT2D eigenvalue weighted by Crippen LogP contribution is 2.22. The number of aryl methyl sites for hydroxylation is 2. The van der Waals surface area contributed by atoms with Crippen LogP contribution in [0.15, 0.2) is 12.1 Å². The molecule has 2 aromatic heterocycles. The third-order valence-corrected chi connectivity index (χ3v) is 3.98. The van der Waals surface area contributed by atoms with Crippen LogP contribution in [0, 0.1) is 6.92 Å². The molecular formula is C11H12N2OS2. The number of hydrogen-bond acceptors (Lipinski definition) is 5. The van der Waals surface area contributed by atoms with Gasteiger partial charge in [-0.15, -0.1) is 16.4 Å². The van der Waals surface area contributed by atoms with Crippen LogP contribution in [0.2, 0.25) is 0 Å². The number of nitrogens with zero attached hydrogens (tertiary/aromatic N) is 2. The number of hydrogen-bond donors (Lipinski definition) is 0. The molecule has 0 radical (unpaired) electrons. The largest absolute Gasteiger partial charge is 0.287 e. The second kappa shape index (κ2) is 4.84. The van der Waals surface area contributed by atoms with Crippen LogP contribution in [-0.4, -0.2) is 15.4 Å². The second-order valence-electron chi connectivity index (χ2n) is 3.54. The Hall–Kier alpha value is -1.07. The van der Waals surface area contributed by atoms with E-state index in [0.717, 1.165) is 28.3 Å². The maximum absolute atomic E-state index is 12.2. The lowest BCUT2D eigenvalue weighted by Crippen LogP contribution is -2.00. The Balaban J connectivity index is 2.30. The molecule has 0 fully saturated rings. The molecule has 5 heteroatoms. The summed E-state index contributed by atoms with van der Waals surface area (Å²) in [6, 6.07) is 3.84. The molecule has 0 aromatic carbocycles. The van der Waals surface area contributed by atoms with Crippen molar-refractivity contribution in [3.63, 3.8) is 0 Å². The third kappa shape index (κ3) is 2.20. The number of aromatic nitrogens is 2. The molecule has 0 aliphatic rings. The van der Waals surface area contributed by atoms with Gasteiger partial charge in [-0.25, -0.2) is 0 Å². The normalized spacial score (nSPS) is 10.6. The van der Waals surface area contributed by atoms with Crippen LogP contribution >= 0.6 is 22.9 Å². The highest BCUT2D eigenvalue weighted by molar-refractivity contribution is 7.15. The summed E-state index contributed by atoms with van der Waals surface area (Å²) in [5.74, 6) is 0.0663. The minimum Gasteiger partial charge on any atom is -0.287 e. The number of rotatable bonds is 4. The van der Waals surface area contributed by atoms with Crippen molar-refractivity contribution in [1.29, 1.82) is 0 Å². The van der Waals surface area contributed by atoms with Crippen molar-refractivity contribution >= 4 is 28.7 Å². The fourth-order valence-corrected chi connectivity index (χ4v) is 2.99. The first-order valence-electron chi connectivity index (χ1n) is 5.14. The molecule has 2 aromatic rings. The van der Waals surface area contributed by atoms with Crippen molar-refractivity contribution in [3.05, 3.63) is 32.5 Å². The van der Waals surface area contributed by atoms with Gasteiger partial charge in [0.1, 0.15) is 4.88 Å². The van der Waals surface area contributed by atoms with Crippen molar-refractivity contribution < 1.29 is 4.79 Å². The summed E-state index contributed by atoms with van der Waals surface area (Å²) < 4.78 is 3.87. The van der Waals surface area contributed by atoms with Crippen LogP contribution in [0.5, 0.6) is 0 Å². The van der Waals surface area contributed by atoms with Crippen LogP contribution in [0.25, 0.3) is 0 Å². The summed E-state index contributed by atoms with van der Waals surface area (Å²) >= 11 is 2.72. The lowest BCUT2D eigenvalue weighted by Gasteiger charge is -1.96. The molecule has 0 aliphatic heterocycles. The first kappa shape index (κ1) is 11.4. The Morgan fingerprint density at radius 2 is 2.25 bits per heavy atom. The molecule has 0 bridgehead atoms. The van der Waals surface area contributed by atoms with E-state index in [9.17, 15) is 4.79 Å². The lowest BCUT2D eigenvalue weighted by atomic mass is 10.2. The molecule has 2 rings (SSSR count). The SMILES string of the molecule is CCCc1nnsc1C(=O)c1ccc(C)s1. The van der Waals surface area contributed by atoms with E-state index in [-0.39, 0.29) is 5.78 Å². The van der Waals surface area contributed by atoms with Gasteiger partial charge in [0.05, 0.1) is 10.6 Å². The van der Waals surface area contributed by atoms with Crippen molar-refractivity contribution in [2.45, 2.75) is 26.7 Å². The molecule has 0 aliphatic carbocycles. The average Bonchev–Trinajstić information content (AvgIpc) is 2.87. The van der Waals surface area contributed by atoms with E-state index >= 15 is 0 Å². The van der Waals surface area contributed by atoms with Crippen LogP contribution in [0.1, 0.15) is 38.5 Å². The van der Waals surface area contributed by atoms with Gasteiger partial charge in [-0.1, -0.05) is 17.8 Å². The summed E-state index contributed by atoms with van der Waals surface area (Å²) in [5, 5.41) is 4.01. The zero-order chi connectivity index (χ0) is 11.5. The quantitative estimate of drug-likeness (QED) is 0.785. The molecule has 0 saturated carbocycles. The van der Waals surface area contributed by atoms with E-state index in [1.165, 1.54) is 22.9 Å². The van der Waals surface area contributed by atoms with Crippen LogP contribution in [0.4, 0.5) is 0 Å². The Labute approximate surface area is 102 Å². The van der Waals surface area contributed by atoms with Crippen molar-refractivity contribution in [1.82, 2.24) is 9.59 Å². The second-order valence-corrected chi connectivity index (χ2v) is 5.58. The van der Waals surface area contributed by atoms with Crippen LogP contribution in [0.3, 0.4) is 0 Å². The third-order valence-electron chi connectivity index (χ3n) is 2.21. The van der Waals surface area contributed by atoms with E-state index in [1.54, 1.807) is 0 Å². The van der Waals surface area contributed by atoms with Gasteiger partial charge in [0.15, 0.2) is 0 Å². The van der Waals surface area contributed by atoms with E-state index in [0.29, 0.717) is 4.88 Å². The summed E-state index contributed by atoms with van der Waals surface area (Å²) in [7, 11) is 0. The first-order valence-corrected chi connectivity index (χ1v) is 6.73. The van der Waals surface area contributed by atoms with Crippen LogP contribution in [-0.2, 0) is 6.42 Å². The van der Waals surface area contributed by atoms with Gasteiger partial charge in [0.2, 0.25) is 5.78 Å². The number of thiophene rings is 1. The van der Waals surface area contributed by atoms with Crippen molar-refractivity contribution in [3.8, 4) is 0 Å². The molecule has 0 unspecified atom stereocenters. The number of ketones is 1. The molecule has 16 heavy (non-hydrogen) atoms. The maximum Gasteiger partial charge on any atom is 0.216 e. The van der Waals surface area contributed by atoms with E-state index in [1.807, 2.05) is 19.1 Å². The standard InChI is InChI=1S/C11H12N2OS2/c1-3-4-8-11(16-13-12-8)10(14)9-6-5-7(2)15-9/h5-6H,3-4H2,1-2H3. The lowest BCUT2D eigenvalue weighted by molar-refractivity contribution is 0.104. The first-order chi connectivity index (χ1) is 7.72. The minimum atomic E-state index is 0.0663. The Bertz CT molecular complexity index is 502. The monoisotopic (exact) mass is 252 g/mol. The molecule has 0 amide bonds. The summed E-state index contributed by atoms with van der Waals surface area (Å²) in [5.41, 5.74) is 0.837. The van der Waals surface area contributed by atoms with Gasteiger partial charge in [0, 0.05) is 4.88 Å². The molecule has 0 atom stereocenters. The average molecular weight is 252 g/mol. The number of carbonyl (C=O) groups is 1. The molecule has 84 valence electrons. The molecule has 2 heterocycles. The molecule has 3 nitrogen and oxygen atoms in total. The fourth-order valence-electron chi connectivity index (χ4n) is 1.45. The maximum atomic E-state index is 12.2. The Morgan fingerprint density at radius 3 is 2.88 bits per heavy atom. The summed E-state index contributed by atoms with van der Waals surface area (Å²) in [4.78, 5) is 14.8. The van der Waals surface area contributed by atoms with Crippen molar-refractivity contribution in [2.75, 3.05) is 0 Å². The predicted molar refractivity (Wildman–Crippen MR) is 66.4 cm³/mol. The zero-order valence-electron chi connectivity index (χ0n) is 9.19. The minimum absolute atomic E-state index is 0.0663. The Kier molecular flexibility index (Phi) is 3.46. The van der Waals surface area contributed by atoms with Gasteiger partial charge in [-0.05, 0) is 37.0 Å². The topological polar surface area (TPSA) is 42.9 Å². The summed E-state index contributed by atoms with van der Waals surface area (Å²) in [6.45, 7) is 4.07. The zero-order valence-corrected chi connectivity index (χ0v) is 10.8. The Morgan fingerprint density at radius 1 is 1.44 bits per heavy atom. The highest BCUT2D eigenvalue weighted by atomic mass is 32.1. The highest BCUT2D eigenvalue weighted by Gasteiger charge is 2.18. The van der Waals surface area contributed by atoms with E-state index in [2.05, 4.69) is 16.5 Å². The van der Waals surface area contributed by atoms with Crippen molar-refractivity contribution in [2.24, 2.45) is 0 Å². The molecule has 0 saturated heterocycles. The van der Waals surface area contributed by atoms with Crippen LogP contribution < -0.4 is 0 Å². The molecule has 0 N–H and O–H groups in total.